The molecule has 68 valence electrons. The molecule has 0 amide bonds. The number of aryl methyl sites for hydroxylation is 1. The smallest absolute Gasteiger partial charge is 0.0266 e. The first-order valence-electron chi connectivity index (χ1n) is 3.62. The minimum absolute atomic E-state index is 0. The van der Waals surface area contributed by atoms with Crippen molar-refractivity contribution in [2.45, 2.75) is 19.9 Å². The zero-order chi connectivity index (χ0) is 8.43. The van der Waals surface area contributed by atoms with Gasteiger partial charge in [-0.05, 0) is 37.1 Å². The Labute approximate surface area is 87.9 Å². The van der Waals surface area contributed by atoms with E-state index in [1.54, 1.807) is 0 Å². The van der Waals surface area contributed by atoms with Crippen molar-refractivity contribution in [1.29, 1.82) is 0 Å². The van der Waals surface area contributed by atoms with Crippen molar-refractivity contribution in [3.8, 4) is 0 Å². The monoisotopic (exact) mass is 249 g/mol. The molecule has 1 aromatic rings. The SMILES string of the molecule is Cc1cc(Br)cc(C(C)N)c1.Cl. The van der Waals surface area contributed by atoms with Crippen molar-refractivity contribution >= 4 is 28.3 Å². The Hall–Kier alpha value is -0.0500. The molecule has 0 aliphatic carbocycles. The van der Waals surface area contributed by atoms with E-state index in [1.165, 1.54) is 11.1 Å². The van der Waals surface area contributed by atoms with Crippen LogP contribution in [0.4, 0.5) is 0 Å². The van der Waals surface area contributed by atoms with Gasteiger partial charge in [0, 0.05) is 10.5 Å². The molecule has 0 aliphatic rings. The number of halogens is 2. The van der Waals surface area contributed by atoms with Gasteiger partial charge in [0.05, 0.1) is 0 Å². The van der Waals surface area contributed by atoms with Gasteiger partial charge >= 0.3 is 0 Å². The van der Waals surface area contributed by atoms with Gasteiger partial charge in [0.15, 0.2) is 0 Å². The van der Waals surface area contributed by atoms with Crippen molar-refractivity contribution < 1.29 is 0 Å². The fraction of sp³-hybridized carbons (Fsp3) is 0.333. The average molecular weight is 251 g/mol. The quantitative estimate of drug-likeness (QED) is 0.814. The van der Waals surface area contributed by atoms with Gasteiger partial charge in [0.2, 0.25) is 0 Å². The molecule has 1 aromatic carbocycles. The lowest BCUT2D eigenvalue weighted by molar-refractivity contribution is 0.816. The third kappa shape index (κ3) is 3.13. The highest BCUT2D eigenvalue weighted by molar-refractivity contribution is 9.10. The second-order valence-corrected chi connectivity index (χ2v) is 3.77. The molecule has 1 rings (SSSR count). The van der Waals surface area contributed by atoms with Crippen LogP contribution in [0.15, 0.2) is 22.7 Å². The summed E-state index contributed by atoms with van der Waals surface area (Å²) < 4.78 is 1.10. The Morgan fingerprint density at radius 2 is 1.92 bits per heavy atom. The van der Waals surface area contributed by atoms with Gasteiger partial charge in [-0.2, -0.15) is 0 Å². The maximum absolute atomic E-state index is 5.73. The highest BCUT2D eigenvalue weighted by Crippen LogP contribution is 2.18. The lowest BCUT2D eigenvalue weighted by atomic mass is 10.1. The molecule has 0 saturated carbocycles. The lowest BCUT2D eigenvalue weighted by Crippen LogP contribution is -2.04. The summed E-state index contributed by atoms with van der Waals surface area (Å²) in [5.74, 6) is 0. The first-order chi connectivity index (χ1) is 5.09. The van der Waals surface area contributed by atoms with E-state index in [4.69, 9.17) is 5.73 Å². The van der Waals surface area contributed by atoms with Gasteiger partial charge in [-0.25, -0.2) is 0 Å². The van der Waals surface area contributed by atoms with Crippen molar-refractivity contribution in [2.75, 3.05) is 0 Å². The predicted molar refractivity (Wildman–Crippen MR) is 58.7 cm³/mol. The van der Waals surface area contributed by atoms with Gasteiger partial charge in [-0.15, -0.1) is 12.4 Å². The first-order valence-corrected chi connectivity index (χ1v) is 4.41. The van der Waals surface area contributed by atoms with Crippen molar-refractivity contribution in [2.24, 2.45) is 5.73 Å². The Morgan fingerprint density at radius 3 is 2.33 bits per heavy atom. The van der Waals surface area contributed by atoms with Crippen LogP contribution in [0.1, 0.15) is 24.1 Å². The maximum Gasteiger partial charge on any atom is 0.0266 e. The molecule has 3 heteroatoms. The second-order valence-electron chi connectivity index (χ2n) is 2.85. The summed E-state index contributed by atoms with van der Waals surface area (Å²) in [6.07, 6.45) is 0. The highest BCUT2D eigenvalue weighted by atomic mass is 79.9. The van der Waals surface area contributed by atoms with Gasteiger partial charge < -0.3 is 5.73 Å². The molecular weight excluding hydrogens is 237 g/mol. The van der Waals surface area contributed by atoms with E-state index in [2.05, 4.69) is 41.1 Å². The van der Waals surface area contributed by atoms with Crippen LogP contribution in [0.5, 0.6) is 0 Å². The van der Waals surface area contributed by atoms with E-state index in [0.717, 1.165) is 4.47 Å². The van der Waals surface area contributed by atoms with E-state index in [9.17, 15) is 0 Å². The predicted octanol–water partition coefficient (Wildman–Crippen LogP) is 3.20. The second kappa shape index (κ2) is 4.85. The summed E-state index contributed by atoms with van der Waals surface area (Å²) in [5, 5.41) is 0. The molecule has 1 nitrogen and oxygen atoms in total. The number of nitrogens with two attached hydrogens (primary N) is 1. The molecule has 1 atom stereocenters. The topological polar surface area (TPSA) is 26.0 Å². The zero-order valence-electron chi connectivity index (χ0n) is 7.17. The van der Waals surface area contributed by atoms with Crippen LogP contribution in [-0.2, 0) is 0 Å². The minimum Gasteiger partial charge on any atom is -0.324 e. The molecule has 0 spiro atoms. The fourth-order valence-electron chi connectivity index (χ4n) is 1.03. The molecule has 0 aromatic heterocycles. The van der Waals surface area contributed by atoms with Crippen LogP contribution in [0.2, 0.25) is 0 Å². The van der Waals surface area contributed by atoms with Gasteiger partial charge in [0.25, 0.3) is 0 Å². The standard InChI is InChI=1S/C9H12BrN.ClH/c1-6-3-8(7(2)11)5-9(10)4-6;/h3-5,7H,11H2,1-2H3;1H. The van der Waals surface area contributed by atoms with Crippen LogP contribution in [0.3, 0.4) is 0 Å². The van der Waals surface area contributed by atoms with Crippen molar-refractivity contribution in [3.63, 3.8) is 0 Å². The van der Waals surface area contributed by atoms with Crippen LogP contribution < -0.4 is 5.73 Å². The summed E-state index contributed by atoms with van der Waals surface area (Å²) >= 11 is 3.43. The molecule has 0 aliphatic heterocycles. The average Bonchev–Trinajstić information content (AvgIpc) is 1.85. The molecule has 2 N–H and O–H groups in total. The van der Waals surface area contributed by atoms with Crippen LogP contribution >= 0.6 is 28.3 Å². The molecule has 0 radical (unpaired) electrons. The fourth-order valence-corrected chi connectivity index (χ4v) is 1.65. The lowest BCUT2D eigenvalue weighted by Gasteiger charge is -2.06. The van der Waals surface area contributed by atoms with Crippen LogP contribution in [0.25, 0.3) is 0 Å². The molecule has 0 bridgehead atoms. The Morgan fingerprint density at radius 1 is 1.33 bits per heavy atom. The molecule has 0 fully saturated rings. The third-order valence-corrected chi connectivity index (χ3v) is 2.05. The normalized spacial score (nSPS) is 12.0. The van der Waals surface area contributed by atoms with Crippen LogP contribution in [0, 0.1) is 6.92 Å². The highest BCUT2D eigenvalue weighted by Gasteiger charge is 2.00. The third-order valence-electron chi connectivity index (χ3n) is 1.59. The molecule has 1 unspecified atom stereocenters. The van der Waals surface area contributed by atoms with E-state index in [1.807, 2.05) is 6.92 Å². The molecule has 0 heterocycles. The molecule has 0 saturated heterocycles. The Kier molecular flexibility index (Phi) is 4.83. The summed E-state index contributed by atoms with van der Waals surface area (Å²) in [6, 6.07) is 6.35. The first kappa shape index (κ1) is 11.9. The Bertz CT molecular complexity index is 240. The van der Waals surface area contributed by atoms with Gasteiger partial charge in [-0.1, -0.05) is 22.0 Å². The van der Waals surface area contributed by atoms with Crippen molar-refractivity contribution in [1.82, 2.24) is 0 Å². The number of hydrogen-bond acceptors (Lipinski definition) is 1. The maximum atomic E-state index is 5.73. The van der Waals surface area contributed by atoms with Gasteiger partial charge in [0.1, 0.15) is 0 Å². The molecule has 12 heavy (non-hydrogen) atoms. The number of hydrogen-bond donors (Lipinski definition) is 1. The summed E-state index contributed by atoms with van der Waals surface area (Å²) in [4.78, 5) is 0. The summed E-state index contributed by atoms with van der Waals surface area (Å²) in [5.41, 5.74) is 8.15. The summed E-state index contributed by atoms with van der Waals surface area (Å²) in [6.45, 7) is 4.05. The Balaban J connectivity index is 0.00000121. The van der Waals surface area contributed by atoms with E-state index >= 15 is 0 Å². The van der Waals surface area contributed by atoms with Gasteiger partial charge in [-0.3, -0.25) is 0 Å². The molecular formula is C9H13BrClN. The van der Waals surface area contributed by atoms with Crippen LogP contribution in [-0.4, -0.2) is 0 Å². The zero-order valence-corrected chi connectivity index (χ0v) is 9.58. The summed E-state index contributed by atoms with van der Waals surface area (Å²) in [7, 11) is 0. The van der Waals surface area contributed by atoms with E-state index in [-0.39, 0.29) is 18.4 Å². The van der Waals surface area contributed by atoms with E-state index < -0.39 is 0 Å². The number of rotatable bonds is 1. The number of benzene rings is 1. The van der Waals surface area contributed by atoms with Crippen molar-refractivity contribution in [3.05, 3.63) is 33.8 Å². The largest absolute Gasteiger partial charge is 0.324 e. The minimum atomic E-state index is 0. The van der Waals surface area contributed by atoms with E-state index in [0.29, 0.717) is 0 Å².